The van der Waals surface area contributed by atoms with Gasteiger partial charge in [0.2, 0.25) is 0 Å². The Morgan fingerprint density at radius 1 is 0.439 bits per heavy atom. The van der Waals surface area contributed by atoms with Crippen molar-refractivity contribution in [1.29, 1.82) is 0 Å². The fourth-order valence-electron chi connectivity index (χ4n) is 3.96. The Balaban J connectivity index is 1.33. The summed E-state index contributed by atoms with van der Waals surface area (Å²) in [5.74, 6) is 3.60. The van der Waals surface area contributed by atoms with Crippen molar-refractivity contribution in [3.63, 3.8) is 0 Å². The van der Waals surface area contributed by atoms with Crippen molar-refractivity contribution in [2.24, 2.45) is 17.2 Å². The van der Waals surface area contributed by atoms with Crippen molar-refractivity contribution >= 4 is 17.5 Å². The molecule has 10 heteroatoms. The molecule has 0 fully saturated rings. The highest BCUT2D eigenvalue weighted by molar-refractivity contribution is 5.94. The molecule has 0 saturated heterocycles. The highest BCUT2D eigenvalue weighted by Gasteiger charge is 2.09. The molecular formula is C31H43N6O4+3. The first-order chi connectivity index (χ1) is 19.8. The van der Waals surface area contributed by atoms with Crippen LogP contribution in [0.2, 0.25) is 0 Å². The van der Waals surface area contributed by atoms with Crippen LogP contribution < -0.4 is 52.4 Å². The zero-order chi connectivity index (χ0) is 29.5. The van der Waals surface area contributed by atoms with Gasteiger partial charge in [-0.2, -0.15) is 0 Å². The summed E-state index contributed by atoms with van der Waals surface area (Å²) in [7, 11) is 0. The van der Waals surface area contributed by atoms with Gasteiger partial charge in [0.25, 0.3) is 17.5 Å². The fraction of sp³-hybridized carbons (Fsp3) is 0.323. The Morgan fingerprint density at radius 2 is 0.780 bits per heavy atom. The van der Waals surface area contributed by atoms with E-state index in [-0.39, 0.29) is 17.5 Å². The van der Waals surface area contributed by atoms with Crippen molar-refractivity contribution < 1.29 is 35.2 Å². The zero-order valence-electron chi connectivity index (χ0n) is 23.5. The van der Waals surface area contributed by atoms with E-state index in [1.54, 1.807) is 0 Å². The molecule has 0 aliphatic heterocycles. The molecule has 0 atom stereocenters. The normalized spacial score (nSPS) is 10.5. The molecule has 41 heavy (non-hydrogen) atoms. The van der Waals surface area contributed by atoms with Crippen LogP contribution in [-0.4, -0.2) is 43.9 Å². The third-order valence-corrected chi connectivity index (χ3v) is 6.20. The topological polar surface area (TPSA) is 192 Å². The number of rotatable bonds is 19. The van der Waals surface area contributed by atoms with Crippen LogP contribution >= 0.6 is 0 Å². The first kappa shape index (κ1) is 30.8. The molecule has 218 valence electrons. The van der Waals surface area contributed by atoms with Crippen molar-refractivity contribution in [2.45, 2.75) is 38.5 Å². The molecule has 0 aromatic heterocycles. The molecule has 3 aromatic carbocycles. The van der Waals surface area contributed by atoms with Crippen LogP contribution in [0.15, 0.2) is 66.7 Å². The van der Waals surface area contributed by atoms with E-state index in [2.05, 4.69) is 0 Å². The van der Waals surface area contributed by atoms with Crippen LogP contribution in [0.4, 0.5) is 0 Å². The third kappa shape index (κ3) is 11.1. The lowest BCUT2D eigenvalue weighted by molar-refractivity contribution is -0.115. The number of hydrogen-bond donors (Lipinski definition) is 6. The van der Waals surface area contributed by atoms with E-state index >= 15 is 0 Å². The van der Waals surface area contributed by atoms with Crippen molar-refractivity contribution in [3.05, 3.63) is 83.4 Å². The summed E-state index contributed by atoms with van der Waals surface area (Å²) in [6, 6.07) is 20.4. The lowest BCUT2D eigenvalue weighted by atomic mass is 10.2. The summed E-state index contributed by atoms with van der Waals surface area (Å²) in [6.45, 7) is 2.31. The number of benzene rings is 3. The zero-order valence-corrected chi connectivity index (χ0v) is 23.5. The molecule has 10 nitrogen and oxygen atoms in total. The Labute approximate surface area is 241 Å². The number of hydrogen-bond acceptors (Lipinski definition) is 4. The predicted molar refractivity (Wildman–Crippen MR) is 160 cm³/mol. The average Bonchev–Trinajstić information content (AvgIpc) is 2.96. The number of ether oxygens (including phenoxy) is 4. The Morgan fingerprint density at radius 3 is 1.15 bits per heavy atom. The van der Waals surface area contributed by atoms with Crippen molar-refractivity contribution in [2.75, 3.05) is 26.4 Å². The van der Waals surface area contributed by atoms with Gasteiger partial charge in [-0.15, -0.1) is 0 Å². The lowest BCUT2D eigenvalue weighted by Crippen LogP contribution is -2.46. The molecule has 0 saturated carbocycles. The van der Waals surface area contributed by atoms with Gasteiger partial charge in [0.05, 0.1) is 43.1 Å². The van der Waals surface area contributed by atoms with Crippen LogP contribution in [0.25, 0.3) is 0 Å². The number of unbranched alkanes of at least 4 members (excludes halogenated alkanes) is 4. The van der Waals surface area contributed by atoms with Crippen LogP contribution in [0.1, 0.15) is 55.2 Å². The summed E-state index contributed by atoms with van der Waals surface area (Å²) in [6.07, 6.45) is 5.44. The first-order valence-corrected chi connectivity index (χ1v) is 13.8. The maximum Gasteiger partial charge on any atom is 0.270 e. The summed E-state index contributed by atoms with van der Waals surface area (Å²) in [4.78, 5) is 0. The van der Waals surface area contributed by atoms with Gasteiger partial charge in [-0.3, -0.25) is 33.4 Å². The molecule has 0 radical (unpaired) electrons. The van der Waals surface area contributed by atoms with Gasteiger partial charge in [-0.05, 0) is 87.1 Å². The molecular weight excluding hydrogens is 520 g/mol. The van der Waals surface area contributed by atoms with Gasteiger partial charge in [0.1, 0.15) is 23.0 Å². The summed E-state index contributed by atoms with van der Waals surface area (Å²) < 4.78 is 23.5. The summed E-state index contributed by atoms with van der Waals surface area (Å²) in [5.41, 5.74) is 19.3. The van der Waals surface area contributed by atoms with Gasteiger partial charge in [0, 0.05) is 6.07 Å². The van der Waals surface area contributed by atoms with E-state index in [9.17, 15) is 0 Å². The molecule has 0 spiro atoms. The fourth-order valence-corrected chi connectivity index (χ4v) is 3.96. The van der Waals surface area contributed by atoms with E-state index in [1.165, 1.54) is 0 Å². The Kier molecular flexibility index (Phi) is 12.3. The number of nitrogens with two attached hydrogens (primary N) is 6. The second kappa shape index (κ2) is 16.4. The maximum absolute atomic E-state index is 5.96. The molecule has 0 amide bonds. The van der Waals surface area contributed by atoms with E-state index in [4.69, 9.17) is 52.4 Å². The second-order valence-corrected chi connectivity index (χ2v) is 9.63. The smallest absolute Gasteiger partial charge is 0.270 e. The van der Waals surface area contributed by atoms with Crippen LogP contribution in [0, 0.1) is 0 Å². The molecule has 0 aliphatic rings. The van der Waals surface area contributed by atoms with E-state index in [0.717, 1.165) is 61.2 Å². The molecule has 3 aromatic rings. The van der Waals surface area contributed by atoms with Gasteiger partial charge >= 0.3 is 0 Å². The molecule has 12 N–H and O–H groups in total. The molecule has 0 bridgehead atoms. The highest BCUT2D eigenvalue weighted by Crippen LogP contribution is 2.23. The second-order valence-electron chi connectivity index (χ2n) is 9.63. The Bertz CT molecular complexity index is 1220. The molecule has 3 rings (SSSR count). The standard InChI is InChI=1S/C31H40N6O4/c32-29(33)22-9-7-11-25(17-22)38-13-3-1-5-15-40-27-19-24(31(36)37)20-28(21-27)41-16-6-2-4-14-39-26-12-8-10-23(18-26)30(34)35/h7-12,17-21H,1-6,13-16H2,(H3,32,33)(H3,34,35)(H3,36,37)/p+3. The third-order valence-electron chi connectivity index (χ3n) is 6.20. The SMILES string of the molecule is NC(=[NH2+])c1cccc(OCCCCCOc2cc(OCCCCCOc3cccc(C(N)=[NH2+])c3)cc(C(N)=[NH2+])c2)c1. The number of amidine groups is 3. The predicted octanol–water partition coefficient (Wildman–Crippen LogP) is -0.664. The van der Waals surface area contributed by atoms with Crippen LogP contribution in [-0.2, 0) is 0 Å². The van der Waals surface area contributed by atoms with E-state index < -0.39 is 0 Å². The highest BCUT2D eigenvalue weighted by atomic mass is 16.5. The minimum atomic E-state index is 0.214. The van der Waals surface area contributed by atoms with E-state index in [1.807, 2.05) is 66.7 Å². The lowest BCUT2D eigenvalue weighted by Gasteiger charge is -2.12. The van der Waals surface area contributed by atoms with Crippen LogP contribution in [0.5, 0.6) is 23.0 Å². The quantitative estimate of drug-likeness (QED) is 0.0633. The molecule has 0 heterocycles. The van der Waals surface area contributed by atoms with Crippen molar-refractivity contribution in [1.82, 2.24) is 0 Å². The van der Waals surface area contributed by atoms with Gasteiger partial charge in [0.15, 0.2) is 0 Å². The minimum absolute atomic E-state index is 0.214. The van der Waals surface area contributed by atoms with Gasteiger partial charge in [-0.1, -0.05) is 12.1 Å². The largest absolute Gasteiger partial charge is 0.494 e. The van der Waals surface area contributed by atoms with Crippen LogP contribution in [0.3, 0.4) is 0 Å². The Hall–Kier alpha value is -4.73. The maximum atomic E-state index is 5.96. The van der Waals surface area contributed by atoms with Crippen molar-refractivity contribution in [3.8, 4) is 23.0 Å². The minimum Gasteiger partial charge on any atom is -0.494 e. The average molecular weight is 564 g/mol. The molecule has 0 unspecified atom stereocenters. The van der Waals surface area contributed by atoms with Gasteiger partial charge < -0.3 is 18.9 Å². The molecule has 0 aliphatic carbocycles. The van der Waals surface area contributed by atoms with E-state index in [0.29, 0.717) is 43.5 Å². The van der Waals surface area contributed by atoms with Gasteiger partial charge in [-0.25, -0.2) is 0 Å². The monoisotopic (exact) mass is 563 g/mol. The summed E-state index contributed by atoms with van der Waals surface area (Å²) >= 11 is 0. The summed E-state index contributed by atoms with van der Waals surface area (Å²) in [5, 5.41) is 17.1. The first-order valence-electron chi connectivity index (χ1n) is 13.8.